The van der Waals surface area contributed by atoms with Crippen LogP contribution in [-0.2, 0) is 14.3 Å². The maximum Gasteiger partial charge on any atom is 0.302 e. The lowest BCUT2D eigenvalue weighted by Gasteiger charge is -2.25. The van der Waals surface area contributed by atoms with Crippen LogP contribution in [0.25, 0.3) is 0 Å². The van der Waals surface area contributed by atoms with Gasteiger partial charge in [0.05, 0.1) is 7.11 Å². The van der Waals surface area contributed by atoms with Crippen molar-refractivity contribution < 1.29 is 19.4 Å². The summed E-state index contributed by atoms with van der Waals surface area (Å²) in [6.45, 7) is 12.0. The van der Waals surface area contributed by atoms with Crippen LogP contribution in [-0.4, -0.2) is 67.7 Å². The van der Waals surface area contributed by atoms with Crippen molar-refractivity contribution in [3.63, 3.8) is 0 Å². The predicted octanol–water partition coefficient (Wildman–Crippen LogP) is 0.993. The highest BCUT2D eigenvalue weighted by molar-refractivity contribution is 5.87. The fourth-order valence-electron chi connectivity index (χ4n) is 1.95. The SMILES string of the molecule is CC(C)(C)C(=O)[C@@H](O)C/C=C/CN1CCNCC1.COC(C)=O. The Morgan fingerprint density at radius 2 is 1.78 bits per heavy atom. The number of rotatable bonds is 5. The van der Waals surface area contributed by atoms with Gasteiger partial charge in [-0.2, -0.15) is 0 Å². The van der Waals surface area contributed by atoms with Crippen molar-refractivity contribution in [3.05, 3.63) is 12.2 Å². The smallest absolute Gasteiger partial charge is 0.302 e. The minimum atomic E-state index is -0.871. The molecule has 1 atom stereocenters. The Morgan fingerprint density at radius 1 is 1.26 bits per heavy atom. The molecule has 6 nitrogen and oxygen atoms in total. The number of hydrogen-bond acceptors (Lipinski definition) is 6. The van der Waals surface area contributed by atoms with Gasteiger partial charge in [-0.05, 0) is 6.42 Å². The first kappa shape index (κ1) is 21.8. The molecule has 0 spiro atoms. The second-order valence-corrected chi connectivity index (χ2v) is 6.58. The number of piperazine rings is 1. The molecule has 0 aliphatic carbocycles. The molecule has 0 aromatic heterocycles. The number of aliphatic hydroxyl groups excluding tert-OH is 1. The molecule has 0 radical (unpaired) electrons. The van der Waals surface area contributed by atoms with Gasteiger partial charge in [0.2, 0.25) is 0 Å². The summed E-state index contributed by atoms with van der Waals surface area (Å²) in [6, 6.07) is 0. The van der Waals surface area contributed by atoms with E-state index < -0.39 is 11.5 Å². The Hall–Kier alpha value is -1.24. The zero-order chi connectivity index (χ0) is 17.9. The number of aliphatic hydroxyl groups is 1. The summed E-state index contributed by atoms with van der Waals surface area (Å²) in [5.74, 6) is -0.334. The van der Waals surface area contributed by atoms with Gasteiger partial charge in [0.1, 0.15) is 6.10 Å². The van der Waals surface area contributed by atoms with Crippen molar-refractivity contribution in [1.29, 1.82) is 0 Å². The number of nitrogens with zero attached hydrogens (tertiary/aromatic N) is 1. The number of ketones is 1. The van der Waals surface area contributed by atoms with Gasteiger partial charge >= 0.3 is 5.97 Å². The summed E-state index contributed by atoms with van der Waals surface area (Å²) in [7, 11) is 1.35. The third kappa shape index (κ3) is 11.0. The number of ether oxygens (including phenoxy) is 1. The number of carbonyl (C=O) groups is 2. The van der Waals surface area contributed by atoms with E-state index in [0.29, 0.717) is 6.42 Å². The van der Waals surface area contributed by atoms with Gasteiger partial charge in [-0.1, -0.05) is 32.9 Å². The molecular formula is C17H32N2O4. The number of esters is 1. The van der Waals surface area contributed by atoms with Gasteiger partial charge in [0.15, 0.2) is 5.78 Å². The van der Waals surface area contributed by atoms with Gasteiger partial charge in [-0.3, -0.25) is 14.5 Å². The summed E-state index contributed by atoms with van der Waals surface area (Å²) in [4.78, 5) is 23.7. The monoisotopic (exact) mass is 328 g/mol. The zero-order valence-corrected chi connectivity index (χ0v) is 15.1. The molecule has 2 N–H and O–H groups in total. The van der Waals surface area contributed by atoms with Crippen LogP contribution in [0, 0.1) is 5.41 Å². The molecule has 1 heterocycles. The number of nitrogens with one attached hydrogen (secondary N) is 1. The molecule has 0 amide bonds. The molecule has 0 aromatic carbocycles. The molecule has 1 fully saturated rings. The van der Waals surface area contributed by atoms with Crippen LogP contribution in [0.2, 0.25) is 0 Å². The minimum Gasteiger partial charge on any atom is -0.469 e. The maximum absolute atomic E-state index is 11.8. The topological polar surface area (TPSA) is 78.9 Å². The number of hydrogen-bond donors (Lipinski definition) is 2. The van der Waals surface area contributed by atoms with Crippen molar-refractivity contribution in [2.24, 2.45) is 5.41 Å². The van der Waals surface area contributed by atoms with E-state index in [9.17, 15) is 14.7 Å². The van der Waals surface area contributed by atoms with Gasteiger partial charge < -0.3 is 15.2 Å². The summed E-state index contributed by atoms with van der Waals surface area (Å²) >= 11 is 0. The molecular weight excluding hydrogens is 296 g/mol. The molecule has 0 unspecified atom stereocenters. The molecule has 0 bridgehead atoms. The van der Waals surface area contributed by atoms with E-state index in [-0.39, 0.29) is 11.8 Å². The first-order valence-electron chi connectivity index (χ1n) is 8.03. The van der Waals surface area contributed by atoms with E-state index in [4.69, 9.17) is 0 Å². The van der Waals surface area contributed by atoms with Crippen LogP contribution in [0.15, 0.2) is 12.2 Å². The van der Waals surface area contributed by atoms with Gasteiger partial charge in [-0.25, -0.2) is 0 Å². The normalized spacial score (nSPS) is 17.3. The maximum atomic E-state index is 11.8. The lowest BCUT2D eigenvalue weighted by atomic mass is 9.86. The Morgan fingerprint density at radius 3 is 2.22 bits per heavy atom. The minimum absolute atomic E-state index is 0.0886. The standard InChI is InChI=1S/C14H26N2O2.C3H6O2/c1-14(2,3)13(18)12(17)6-4-5-9-16-10-7-15-8-11-16;1-3(4)5-2/h4-5,12,15,17H,6-11H2,1-3H3;1-2H3/b5-4+;/t12-;/m0./s1. The number of Topliss-reactive ketones (excluding diaryl/α,β-unsaturated/α-hetero) is 1. The number of methoxy groups -OCH3 is 1. The molecule has 6 heteroatoms. The van der Waals surface area contributed by atoms with E-state index in [1.165, 1.54) is 14.0 Å². The molecule has 1 rings (SSSR count). The summed E-state index contributed by atoms with van der Waals surface area (Å²) in [5.41, 5.74) is -0.466. The van der Waals surface area contributed by atoms with Crippen molar-refractivity contribution in [2.75, 3.05) is 39.8 Å². The van der Waals surface area contributed by atoms with E-state index in [0.717, 1.165) is 32.7 Å². The number of carbonyl (C=O) groups excluding carboxylic acids is 2. The summed E-state index contributed by atoms with van der Waals surface area (Å²) < 4.78 is 4.11. The Balaban J connectivity index is 0.000000841. The lowest BCUT2D eigenvalue weighted by Crippen LogP contribution is -2.43. The quantitative estimate of drug-likeness (QED) is 0.579. The van der Waals surface area contributed by atoms with Crippen molar-refractivity contribution in [2.45, 2.75) is 40.2 Å². The van der Waals surface area contributed by atoms with Crippen LogP contribution >= 0.6 is 0 Å². The average molecular weight is 328 g/mol. The van der Waals surface area contributed by atoms with E-state index >= 15 is 0 Å². The summed E-state index contributed by atoms with van der Waals surface area (Å²) in [6.07, 6.45) is 3.51. The summed E-state index contributed by atoms with van der Waals surface area (Å²) in [5, 5.41) is 13.1. The van der Waals surface area contributed by atoms with Crippen LogP contribution in [0.3, 0.4) is 0 Å². The molecule has 134 valence electrons. The van der Waals surface area contributed by atoms with Crippen molar-refractivity contribution in [3.8, 4) is 0 Å². The second kappa shape index (κ2) is 11.3. The fraction of sp³-hybridized carbons (Fsp3) is 0.765. The first-order valence-corrected chi connectivity index (χ1v) is 8.03. The van der Waals surface area contributed by atoms with Crippen molar-refractivity contribution >= 4 is 11.8 Å². The average Bonchev–Trinajstić information content (AvgIpc) is 2.51. The highest BCUT2D eigenvalue weighted by Gasteiger charge is 2.27. The Kier molecular flexibility index (Phi) is 10.7. The Bertz CT molecular complexity index is 383. The highest BCUT2D eigenvalue weighted by atomic mass is 16.5. The molecule has 23 heavy (non-hydrogen) atoms. The molecule has 1 aliphatic rings. The third-order valence-corrected chi connectivity index (χ3v) is 3.43. The van der Waals surface area contributed by atoms with Crippen LogP contribution in [0.5, 0.6) is 0 Å². The van der Waals surface area contributed by atoms with Crippen LogP contribution in [0.4, 0.5) is 0 Å². The van der Waals surface area contributed by atoms with Gasteiger partial charge in [-0.15, -0.1) is 0 Å². The lowest BCUT2D eigenvalue weighted by molar-refractivity contribution is -0.138. The molecule has 1 aliphatic heterocycles. The Labute approximate surface area is 139 Å². The fourth-order valence-corrected chi connectivity index (χ4v) is 1.95. The molecule has 0 saturated carbocycles. The van der Waals surface area contributed by atoms with Crippen LogP contribution in [0.1, 0.15) is 34.1 Å². The first-order chi connectivity index (χ1) is 10.7. The zero-order valence-electron chi connectivity index (χ0n) is 15.1. The second-order valence-electron chi connectivity index (χ2n) is 6.58. The van der Waals surface area contributed by atoms with Gasteiger partial charge in [0, 0.05) is 45.1 Å². The van der Waals surface area contributed by atoms with E-state index in [1.54, 1.807) is 0 Å². The predicted molar refractivity (Wildman–Crippen MR) is 91.2 cm³/mol. The largest absolute Gasteiger partial charge is 0.469 e. The molecule has 1 saturated heterocycles. The van der Waals surface area contributed by atoms with E-state index in [2.05, 4.69) is 15.0 Å². The van der Waals surface area contributed by atoms with Crippen LogP contribution < -0.4 is 5.32 Å². The molecule has 0 aromatic rings. The highest BCUT2D eigenvalue weighted by Crippen LogP contribution is 2.18. The van der Waals surface area contributed by atoms with Gasteiger partial charge in [0.25, 0.3) is 0 Å². The third-order valence-electron chi connectivity index (χ3n) is 3.43. The van der Waals surface area contributed by atoms with Crippen molar-refractivity contribution in [1.82, 2.24) is 10.2 Å². The van der Waals surface area contributed by atoms with E-state index in [1.807, 2.05) is 32.9 Å².